The first kappa shape index (κ1) is 16.1. The van der Waals surface area contributed by atoms with Crippen LogP contribution in [-0.2, 0) is 16.4 Å². The van der Waals surface area contributed by atoms with Crippen LogP contribution < -0.4 is 0 Å². The summed E-state index contributed by atoms with van der Waals surface area (Å²) in [6.45, 7) is 3.13. The molecule has 1 saturated heterocycles. The van der Waals surface area contributed by atoms with Crippen molar-refractivity contribution in [2.75, 3.05) is 19.3 Å². The molecule has 0 aliphatic carbocycles. The van der Waals surface area contributed by atoms with Crippen LogP contribution >= 0.6 is 0 Å². The molecule has 0 spiro atoms. The molecule has 8 heteroatoms. The molecule has 23 heavy (non-hydrogen) atoms. The Kier molecular flexibility index (Phi) is 4.45. The van der Waals surface area contributed by atoms with Crippen molar-refractivity contribution in [1.29, 1.82) is 0 Å². The van der Waals surface area contributed by atoms with Crippen molar-refractivity contribution in [3.8, 4) is 11.4 Å². The lowest BCUT2D eigenvalue weighted by atomic mass is 9.95. The first-order valence-corrected chi connectivity index (χ1v) is 9.55. The van der Waals surface area contributed by atoms with Gasteiger partial charge in [-0.25, -0.2) is 12.7 Å². The Morgan fingerprint density at radius 2 is 2.13 bits per heavy atom. The molecule has 0 saturated carbocycles. The summed E-state index contributed by atoms with van der Waals surface area (Å²) in [7, 11) is -3.11. The lowest BCUT2D eigenvalue weighted by molar-refractivity contribution is 0.265. The van der Waals surface area contributed by atoms with Crippen LogP contribution in [0.25, 0.3) is 11.4 Å². The molecule has 1 atom stereocenters. The van der Waals surface area contributed by atoms with Crippen LogP contribution in [0.3, 0.4) is 0 Å². The van der Waals surface area contributed by atoms with Gasteiger partial charge in [-0.2, -0.15) is 5.10 Å². The maximum atomic E-state index is 11.7. The smallest absolute Gasteiger partial charge is 0.211 e. The lowest BCUT2D eigenvalue weighted by Gasteiger charge is -2.30. The average Bonchev–Trinajstić information content (AvgIpc) is 2.94. The third-order valence-electron chi connectivity index (χ3n) is 4.12. The summed E-state index contributed by atoms with van der Waals surface area (Å²) in [6.07, 6.45) is 7.43. The molecule has 1 unspecified atom stereocenters. The first-order valence-electron chi connectivity index (χ1n) is 7.70. The van der Waals surface area contributed by atoms with Crippen LogP contribution in [0.2, 0.25) is 0 Å². The molecule has 1 fully saturated rings. The molecule has 0 radical (unpaired) electrons. The van der Waals surface area contributed by atoms with E-state index >= 15 is 0 Å². The number of nitrogens with zero attached hydrogens (tertiary/aromatic N) is 4. The SMILES string of the molecule is Cc1cc(-c2cnc(CC3CCCN(S(C)(=O)=O)C3)cn2)n[nH]1. The lowest BCUT2D eigenvalue weighted by Crippen LogP contribution is -2.39. The predicted octanol–water partition coefficient (Wildman–Crippen LogP) is 1.39. The van der Waals surface area contributed by atoms with Gasteiger partial charge in [0, 0.05) is 25.0 Å². The molecule has 2 aromatic heterocycles. The molecular weight excluding hydrogens is 314 g/mol. The number of sulfonamides is 1. The van der Waals surface area contributed by atoms with Crippen molar-refractivity contribution in [3.05, 3.63) is 29.8 Å². The number of H-pyrrole nitrogens is 1. The van der Waals surface area contributed by atoms with Gasteiger partial charge >= 0.3 is 0 Å². The van der Waals surface area contributed by atoms with Gasteiger partial charge in [-0.15, -0.1) is 0 Å². The Labute approximate surface area is 136 Å². The first-order chi connectivity index (χ1) is 10.9. The Balaban J connectivity index is 1.66. The van der Waals surface area contributed by atoms with E-state index in [1.807, 2.05) is 13.0 Å². The summed E-state index contributed by atoms with van der Waals surface area (Å²) >= 11 is 0. The number of aryl methyl sites for hydroxylation is 1. The van der Waals surface area contributed by atoms with Crippen molar-refractivity contribution in [1.82, 2.24) is 24.5 Å². The van der Waals surface area contributed by atoms with E-state index in [2.05, 4.69) is 20.2 Å². The van der Waals surface area contributed by atoms with Crippen LogP contribution in [0.1, 0.15) is 24.2 Å². The molecular formula is C15H21N5O2S. The van der Waals surface area contributed by atoms with E-state index < -0.39 is 10.0 Å². The summed E-state index contributed by atoms with van der Waals surface area (Å²) < 4.78 is 24.9. The second-order valence-electron chi connectivity index (χ2n) is 6.16. The van der Waals surface area contributed by atoms with Gasteiger partial charge < -0.3 is 0 Å². The Hall–Kier alpha value is -1.80. The Bertz CT molecular complexity index is 769. The van der Waals surface area contributed by atoms with Gasteiger partial charge in [-0.3, -0.25) is 15.1 Å². The topological polar surface area (TPSA) is 91.8 Å². The maximum Gasteiger partial charge on any atom is 0.211 e. The molecule has 1 aliphatic rings. The van der Waals surface area contributed by atoms with E-state index in [-0.39, 0.29) is 0 Å². The summed E-state index contributed by atoms with van der Waals surface area (Å²) in [5.74, 6) is 0.297. The van der Waals surface area contributed by atoms with E-state index in [0.29, 0.717) is 19.0 Å². The van der Waals surface area contributed by atoms with Gasteiger partial charge in [0.2, 0.25) is 10.0 Å². The minimum atomic E-state index is -3.11. The maximum absolute atomic E-state index is 11.7. The Morgan fingerprint density at radius 3 is 2.74 bits per heavy atom. The second-order valence-corrected chi connectivity index (χ2v) is 8.14. The minimum Gasteiger partial charge on any atom is -0.282 e. The van der Waals surface area contributed by atoms with Gasteiger partial charge in [0.05, 0.1) is 18.1 Å². The third-order valence-corrected chi connectivity index (χ3v) is 5.39. The van der Waals surface area contributed by atoms with Gasteiger partial charge in [0.1, 0.15) is 11.4 Å². The van der Waals surface area contributed by atoms with E-state index in [0.717, 1.165) is 42.0 Å². The van der Waals surface area contributed by atoms with Gasteiger partial charge in [0.15, 0.2) is 0 Å². The fraction of sp³-hybridized carbons (Fsp3) is 0.533. The normalized spacial score (nSPS) is 19.8. The predicted molar refractivity (Wildman–Crippen MR) is 87.2 cm³/mol. The molecule has 1 aliphatic heterocycles. The largest absolute Gasteiger partial charge is 0.282 e. The number of aromatic nitrogens is 4. The molecule has 1 N–H and O–H groups in total. The average molecular weight is 335 g/mol. The van der Waals surface area contributed by atoms with Crippen LogP contribution in [0.4, 0.5) is 0 Å². The zero-order valence-corrected chi connectivity index (χ0v) is 14.2. The van der Waals surface area contributed by atoms with Gasteiger partial charge in [0.25, 0.3) is 0 Å². The van der Waals surface area contributed by atoms with Gasteiger partial charge in [-0.05, 0) is 38.2 Å². The summed E-state index contributed by atoms with van der Waals surface area (Å²) in [6, 6.07) is 1.93. The van der Waals surface area contributed by atoms with E-state index in [4.69, 9.17) is 0 Å². The quantitative estimate of drug-likeness (QED) is 0.911. The van der Waals surface area contributed by atoms with Crippen LogP contribution in [-0.4, -0.2) is 52.2 Å². The Morgan fingerprint density at radius 1 is 1.30 bits per heavy atom. The molecule has 7 nitrogen and oxygen atoms in total. The number of hydrogen-bond donors (Lipinski definition) is 1. The number of hydrogen-bond acceptors (Lipinski definition) is 5. The number of aromatic amines is 1. The monoisotopic (exact) mass is 335 g/mol. The van der Waals surface area contributed by atoms with E-state index in [1.54, 1.807) is 16.7 Å². The fourth-order valence-electron chi connectivity index (χ4n) is 2.93. The summed E-state index contributed by atoms with van der Waals surface area (Å²) in [4.78, 5) is 8.88. The van der Waals surface area contributed by atoms with Gasteiger partial charge in [-0.1, -0.05) is 0 Å². The van der Waals surface area contributed by atoms with Crippen molar-refractivity contribution < 1.29 is 8.42 Å². The molecule has 0 amide bonds. The second kappa shape index (κ2) is 6.37. The number of piperidine rings is 1. The van der Waals surface area contributed by atoms with Crippen LogP contribution in [0.15, 0.2) is 18.5 Å². The van der Waals surface area contributed by atoms with Crippen molar-refractivity contribution in [2.45, 2.75) is 26.2 Å². The van der Waals surface area contributed by atoms with Crippen molar-refractivity contribution >= 4 is 10.0 Å². The summed E-state index contributed by atoms with van der Waals surface area (Å²) in [5, 5.41) is 7.05. The molecule has 124 valence electrons. The minimum absolute atomic E-state index is 0.297. The van der Waals surface area contributed by atoms with Crippen molar-refractivity contribution in [3.63, 3.8) is 0 Å². The summed E-state index contributed by atoms with van der Waals surface area (Å²) in [5.41, 5.74) is 3.39. The highest BCUT2D eigenvalue weighted by atomic mass is 32.2. The van der Waals surface area contributed by atoms with Crippen molar-refractivity contribution in [2.24, 2.45) is 5.92 Å². The molecule has 3 rings (SSSR count). The van der Waals surface area contributed by atoms with Crippen LogP contribution in [0.5, 0.6) is 0 Å². The zero-order chi connectivity index (χ0) is 16.4. The molecule has 3 heterocycles. The van der Waals surface area contributed by atoms with E-state index in [9.17, 15) is 8.42 Å². The third kappa shape index (κ3) is 3.94. The van der Waals surface area contributed by atoms with Crippen LogP contribution in [0, 0.1) is 12.8 Å². The number of rotatable bonds is 4. The highest BCUT2D eigenvalue weighted by Gasteiger charge is 2.26. The highest BCUT2D eigenvalue weighted by molar-refractivity contribution is 7.88. The van der Waals surface area contributed by atoms with E-state index in [1.165, 1.54) is 6.26 Å². The zero-order valence-electron chi connectivity index (χ0n) is 13.4. The molecule has 0 aromatic carbocycles. The molecule has 0 bridgehead atoms. The number of nitrogens with one attached hydrogen (secondary N) is 1. The standard InChI is InChI=1S/C15H21N5O2S/c1-11-6-14(19-18-11)15-9-16-13(8-17-15)7-12-4-3-5-20(10-12)23(2,21)22/h6,8-9,12H,3-5,7,10H2,1-2H3,(H,18,19). The fourth-order valence-corrected chi connectivity index (χ4v) is 3.87. The highest BCUT2D eigenvalue weighted by Crippen LogP contribution is 2.22. The molecule has 2 aromatic rings.